The Hall–Kier alpha value is -2.43. The molecule has 5 heteroatoms. The fourth-order valence-corrected chi connectivity index (χ4v) is 3.60. The molecule has 0 N–H and O–H groups in total. The highest BCUT2D eigenvalue weighted by Crippen LogP contribution is 2.32. The molecule has 2 heterocycles. The summed E-state index contributed by atoms with van der Waals surface area (Å²) >= 11 is 0. The van der Waals surface area contributed by atoms with Crippen molar-refractivity contribution in [2.45, 2.75) is 38.3 Å². The van der Waals surface area contributed by atoms with Crippen LogP contribution in [0, 0.1) is 5.92 Å². The zero-order valence-corrected chi connectivity index (χ0v) is 14.4. The van der Waals surface area contributed by atoms with Crippen LogP contribution < -0.4 is 4.90 Å². The molecule has 0 bridgehead atoms. The van der Waals surface area contributed by atoms with Crippen LogP contribution in [-0.2, 0) is 11.3 Å². The van der Waals surface area contributed by atoms with Gasteiger partial charge >= 0.3 is 0 Å². The van der Waals surface area contributed by atoms with Crippen molar-refractivity contribution in [1.82, 2.24) is 14.9 Å². The van der Waals surface area contributed by atoms with Crippen LogP contribution in [0.3, 0.4) is 0 Å². The number of nitrogens with zero attached hydrogens (tertiary/aromatic N) is 4. The lowest BCUT2D eigenvalue weighted by Crippen LogP contribution is -2.43. The van der Waals surface area contributed by atoms with Crippen molar-refractivity contribution in [3.8, 4) is 0 Å². The molecule has 0 unspecified atom stereocenters. The van der Waals surface area contributed by atoms with Gasteiger partial charge in [0.25, 0.3) is 0 Å². The van der Waals surface area contributed by atoms with E-state index in [2.05, 4.69) is 31.9 Å². The highest BCUT2D eigenvalue weighted by Gasteiger charge is 2.37. The Morgan fingerprint density at radius 2 is 1.84 bits per heavy atom. The Bertz CT molecular complexity index is 694. The van der Waals surface area contributed by atoms with E-state index in [4.69, 9.17) is 0 Å². The van der Waals surface area contributed by atoms with E-state index in [1.54, 1.807) is 18.6 Å². The zero-order chi connectivity index (χ0) is 17.1. The standard InChI is InChI=1S/C20H24N4O/c25-20(24(18-6-7-18)15-16-4-2-1-3-5-16)17-8-12-23(13-9-17)19-14-21-10-11-22-19/h1-5,10-11,14,17-18H,6-9,12-13,15H2. The van der Waals surface area contributed by atoms with Gasteiger partial charge in [-0.15, -0.1) is 0 Å². The minimum Gasteiger partial charge on any atom is -0.355 e. The molecular weight excluding hydrogens is 312 g/mol. The minimum atomic E-state index is 0.136. The number of rotatable bonds is 5. The molecule has 0 spiro atoms. The summed E-state index contributed by atoms with van der Waals surface area (Å²) in [6, 6.07) is 10.8. The lowest BCUT2D eigenvalue weighted by Gasteiger charge is -2.35. The number of benzene rings is 1. The van der Waals surface area contributed by atoms with Gasteiger partial charge in [0.1, 0.15) is 5.82 Å². The molecule has 2 fully saturated rings. The number of carbonyl (C=O) groups is 1. The van der Waals surface area contributed by atoms with Crippen LogP contribution in [0.25, 0.3) is 0 Å². The fraction of sp³-hybridized carbons (Fsp3) is 0.450. The Balaban J connectivity index is 1.38. The van der Waals surface area contributed by atoms with E-state index in [0.29, 0.717) is 11.9 Å². The molecule has 1 saturated carbocycles. The summed E-state index contributed by atoms with van der Waals surface area (Å²) in [5, 5.41) is 0. The first kappa shape index (κ1) is 16.1. The van der Waals surface area contributed by atoms with Gasteiger partial charge in [-0.2, -0.15) is 0 Å². The lowest BCUT2D eigenvalue weighted by molar-refractivity contribution is -0.137. The third-order valence-corrected chi connectivity index (χ3v) is 5.18. The SMILES string of the molecule is O=C(C1CCN(c2cnccn2)CC1)N(Cc1ccccc1)C1CC1. The van der Waals surface area contributed by atoms with Crippen molar-refractivity contribution in [3.63, 3.8) is 0 Å². The highest BCUT2D eigenvalue weighted by atomic mass is 16.2. The van der Waals surface area contributed by atoms with Gasteiger partial charge in [0, 0.05) is 44.0 Å². The molecule has 5 nitrogen and oxygen atoms in total. The van der Waals surface area contributed by atoms with Crippen LogP contribution >= 0.6 is 0 Å². The van der Waals surface area contributed by atoms with Crippen molar-refractivity contribution in [3.05, 3.63) is 54.5 Å². The predicted molar refractivity (Wildman–Crippen MR) is 97.0 cm³/mol. The van der Waals surface area contributed by atoms with E-state index in [9.17, 15) is 4.79 Å². The van der Waals surface area contributed by atoms with Gasteiger partial charge in [-0.05, 0) is 31.2 Å². The molecule has 0 atom stereocenters. The van der Waals surface area contributed by atoms with Crippen molar-refractivity contribution in [1.29, 1.82) is 0 Å². The highest BCUT2D eigenvalue weighted by molar-refractivity contribution is 5.80. The van der Waals surface area contributed by atoms with Crippen LogP contribution in [0.15, 0.2) is 48.9 Å². The van der Waals surface area contributed by atoms with Crippen LogP contribution in [0.2, 0.25) is 0 Å². The van der Waals surface area contributed by atoms with Gasteiger partial charge in [-0.3, -0.25) is 9.78 Å². The maximum atomic E-state index is 13.1. The van der Waals surface area contributed by atoms with Gasteiger partial charge in [-0.25, -0.2) is 4.98 Å². The normalized spacial score (nSPS) is 18.2. The van der Waals surface area contributed by atoms with Gasteiger partial charge in [-0.1, -0.05) is 30.3 Å². The van der Waals surface area contributed by atoms with Crippen molar-refractivity contribution < 1.29 is 4.79 Å². The first-order chi connectivity index (χ1) is 12.3. The second-order valence-electron chi connectivity index (χ2n) is 7.01. The molecule has 1 saturated heterocycles. The number of piperidine rings is 1. The molecule has 25 heavy (non-hydrogen) atoms. The number of aromatic nitrogens is 2. The molecule has 130 valence electrons. The molecule has 1 aliphatic heterocycles. The number of carbonyl (C=O) groups excluding carboxylic acids is 1. The van der Waals surface area contributed by atoms with E-state index in [1.165, 1.54) is 5.56 Å². The Morgan fingerprint density at radius 3 is 2.48 bits per heavy atom. The maximum Gasteiger partial charge on any atom is 0.226 e. The Kier molecular flexibility index (Phi) is 4.63. The summed E-state index contributed by atoms with van der Waals surface area (Å²) in [5.41, 5.74) is 1.22. The van der Waals surface area contributed by atoms with Crippen LogP contribution in [0.4, 0.5) is 5.82 Å². The first-order valence-corrected chi connectivity index (χ1v) is 9.16. The number of hydrogen-bond donors (Lipinski definition) is 0. The molecule has 1 aromatic carbocycles. The average Bonchev–Trinajstić information content (AvgIpc) is 3.52. The lowest BCUT2D eigenvalue weighted by atomic mass is 9.95. The Morgan fingerprint density at radius 1 is 1.08 bits per heavy atom. The fourth-order valence-electron chi connectivity index (χ4n) is 3.60. The van der Waals surface area contributed by atoms with Crippen LogP contribution in [-0.4, -0.2) is 39.9 Å². The summed E-state index contributed by atoms with van der Waals surface area (Å²) in [5.74, 6) is 1.39. The molecule has 2 aromatic rings. The summed E-state index contributed by atoms with van der Waals surface area (Å²) in [6.45, 7) is 2.49. The predicted octanol–water partition coefficient (Wildman–Crippen LogP) is 2.88. The molecular formula is C20H24N4O. The van der Waals surface area contributed by atoms with E-state index in [0.717, 1.165) is 51.1 Å². The van der Waals surface area contributed by atoms with Crippen molar-refractivity contribution in [2.75, 3.05) is 18.0 Å². The largest absolute Gasteiger partial charge is 0.355 e. The van der Waals surface area contributed by atoms with Gasteiger partial charge < -0.3 is 9.80 Å². The van der Waals surface area contributed by atoms with Crippen LogP contribution in [0.1, 0.15) is 31.2 Å². The average molecular weight is 336 g/mol. The monoisotopic (exact) mass is 336 g/mol. The second-order valence-corrected chi connectivity index (χ2v) is 7.01. The quantitative estimate of drug-likeness (QED) is 0.842. The van der Waals surface area contributed by atoms with Gasteiger partial charge in [0.15, 0.2) is 0 Å². The van der Waals surface area contributed by atoms with E-state index in [1.807, 2.05) is 18.2 Å². The second kappa shape index (κ2) is 7.21. The molecule has 2 aliphatic rings. The van der Waals surface area contributed by atoms with E-state index in [-0.39, 0.29) is 5.92 Å². The number of amides is 1. The maximum absolute atomic E-state index is 13.1. The summed E-state index contributed by atoms with van der Waals surface area (Å²) in [4.78, 5) is 26.0. The molecule has 0 radical (unpaired) electrons. The molecule has 4 rings (SSSR count). The summed E-state index contributed by atoms with van der Waals surface area (Å²) < 4.78 is 0. The summed E-state index contributed by atoms with van der Waals surface area (Å²) in [7, 11) is 0. The molecule has 1 aliphatic carbocycles. The van der Waals surface area contributed by atoms with E-state index < -0.39 is 0 Å². The Labute approximate surface area is 148 Å². The van der Waals surface area contributed by atoms with Gasteiger partial charge in [0.05, 0.1) is 6.20 Å². The van der Waals surface area contributed by atoms with E-state index >= 15 is 0 Å². The molecule has 1 aromatic heterocycles. The zero-order valence-electron chi connectivity index (χ0n) is 14.4. The summed E-state index contributed by atoms with van der Waals surface area (Å²) in [6.07, 6.45) is 9.31. The smallest absolute Gasteiger partial charge is 0.226 e. The van der Waals surface area contributed by atoms with Crippen molar-refractivity contribution >= 4 is 11.7 Å². The van der Waals surface area contributed by atoms with Gasteiger partial charge in [0.2, 0.25) is 5.91 Å². The number of hydrogen-bond acceptors (Lipinski definition) is 4. The minimum absolute atomic E-state index is 0.136. The third kappa shape index (κ3) is 3.81. The first-order valence-electron chi connectivity index (χ1n) is 9.16. The van der Waals surface area contributed by atoms with Crippen molar-refractivity contribution in [2.24, 2.45) is 5.92 Å². The molecule has 1 amide bonds. The number of anilines is 1. The third-order valence-electron chi connectivity index (χ3n) is 5.18. The van der Waals surface area contributed by atoms with Crippen LogP contribution in [0.5, 0.6) is 0 Å². The topological polar surface area (TPSA) is 49.3 Å².